The topological polar surface area (TPSA) is 78.1 Å². The monoisotopic (exact) mass is 418 g/mol. The molecule has 31 heavy (non-hydrogen) atoms. The highest BCUT2D eigenvalue weighted by Crippen LogP contribution is 2.28. The van der Waals surface area contributed by atoms with E-state index in [1.165, 1.54) is 0 Å². The van der Waals surface area contributed by atoms with Gasteiger partial charge in [-0.25, -0.2) is 4.98 Å². The lowest BCUT2D eigenvalue weighted by molar-refractivity contribution is -0.135. The summed E-state index contributed by atoms with van der Waals surface area (Å²) < 4.78 is 0. The summed E-state index contributed by atoms with van der Waals surface area (Å²) in [6.07, 6.45) is 2.55. The Bertz CT molecular complexity index is 1000. The number of imidazole rings is 1. The maximum absolute atomic E-state index is 13.3. The van der Waals surface area contributed by atoms with Crippen LogP contribution in [0.1, 0.15) is 55.2 Å². The molecule has 4 rings (SSSR count). The van der Waals surface area contributed by atoms with Gasteiger partial charge in [0.1, 0.15) is 11.9 Å². The Morgan fingerprint density at radius 2 is 1.77 bits per heavy atom. The lowest BCUT2D eigenvalue weighted by atomic mass is 9.93. The third-order valence-corrected chi connectivity index (χ3v) is 6.40. The number of amides is 2. The SMILES string of the molecule is CCC(C)C(NC(=O)c1ccccc1)C(=O)N1CCC(c2nc3ccccc3[nH]2)CC1. The predicted octanol–water partition coefficient (Wildman–Crippen LogP) is 4.11. The predicted molar refractivity (Wildman–Crippen MR) is 122 cm³/mol. The van der Waals surface area contributed by atoms with E-state index in [9.17, 15) is 9.59 Å². The molecule has 2 atom stereocenters. The van der Waals surface area contributed by atoms with Gasteiger partial charge in [0, 0.05) is 24.6 Å². The Morgan fingerprint density at radius 3 is 2.45 bits per heavy atom. The average Bonchev–Trinajstić information content (AvgIpc) is 3.26. The van der Waals surface area contributed by atoms with Gasteiger partial charge in [0.05, 0.1) is 11.0 Å². The number of para-hydroxylation sites is 2. The van der Waals surface area contributed by atoms with Crippen LogP contribution in [0.5, 0.6) is 0 Å². The molecule has 6 heteroatoms. The van der Waals surface area contributed by atoms with Crippen molar-refractivity contribution in [3.63, 3.8) is 0 Å². The third kappa shape index (κ3) is 4.63. The number of carbonyl (C=O) groups excluding carboxylic acids is 2. The minimum absolute atomic E-state index is 0.0155. The highest BCUT2D eigenvalue weighted by molar-refractivity contribution is 5.97. The molecule has 0 radical (unpaired) electrons. The molecule has 0 saturated carbocycles. The second-order valence-corrected chi connectivity index (χ2v) is 8.44. The zero-order valence-electron chi connectivity index (χ0n) is 18.2. The molecule has 1 fully saturated rings. The number of carbonyl (C=O) groups is 2. The number of hydrogen-bond donors (Lipinski definition) is 2. The van der Waals surface area contributed by atoms with Crippen LogP contribution in [0.4, 0.5) is 0 Å². The van der Waals surface area contributed by atoms with Crippen molar-refractivity contribution in [2.45, 2.75) is 45.1 Å². The summed E-state index contributed by atoms with van der Waals surface area (Å²) in [5.41, 5.74) is 2.61. The summed E-state index contributed by atoms with van der Waals surface area (Å²) >= 11 is 0. The van der Waals surface area contributed by atoms with Crippen LogP contribution in [0.3, 0.4) is 0 Å². The molecule has 1 aliphatic heterocycles. The molecule has 6 nitrogen and oxygen atoms in total. The smallest absolute Gasteiger partial charge is 0.251 e. The van der Waals surface area contributed by atoms with Crippen LogP contribution in [0, 0.1) is 5.92 Å². The molecular formula is C25H30N4O2. The van der Waals surface area contributed by atoms with Crippen LogP contribution < -0.4 is 5.32 Å². The van der Waals surface area contributed by atoms with Crippen LogP contribution in [0.2, 0.25) is 0 Å². The first-order valence-electron chi connectivity index (χ1n) is 11.2. The second kappa shape index (κ2) is 9.33. The van der Waals surface area contributed by atoms with Gasteiger partial charge >= 0.3 is 0 Å². The minimum atomic E-state index is -0.513. The molecule has 1 aliphatic rings. The van der Waals surface area contributed by atoms with Crippen molar-refractivity contribution in [2.24, 2.45) is 5.92 Å². The maximum atomic E-state index is 13.3. The van der Waals surface area contributed by atoms with Crippen LogP contribution in [0.25, 0.3) is 11.0 Å². The normalized spacial score (nSPS) is 16.8. The molecule has 1 aromatic heterocycles. The van der Waals surface area contributed by atoms with Gasteiger partial charge in [0.2, 0.25) is 5.91 Å². The number of aromatic nitrogens is 2. The molecule has 2 unspecified atom stereocenters. The zero-order valence-corrected chi connectivity index (χ0v) is 18.2. The molecule has 1 saturated heterocycles. The largest absolute Gasteiger partial charge is 0.342 e. The summed E-state index contributed by atoms with van der Waals surface area (Å²) in [7, 11) is 0. The van der Waals surface area contributed by atoms with Crippen molar-refractivity contribution in [1.82, 2.24) is 20.2 Å². The second-order valence-electron chi connectivity index (χ2n) is 8.44. The number of fused-ring (bicyclic) bond motifs is 1. The Hall–Kier alpha value is -3.15. The van der Waals surface area contributed by atoms with Crippen LogP contribution in [0.15, 0.2) is 54.6 Å². The number of hydrogen-bond acceptors (Lipinski definition) is 3. The number of nitrogens with one attached hydrogen (secondary N) is 2. The number of benzene rings is 2. The van der Waals surface area contributed by atoms with E-state index in [1.807, 2.05) is 61.2 Å². The first kappa shape index (κ1) is 21.1. The van der Waals surface area contributed by atoms with E-state index in [2.05, 4.69) is 10.3 Å². The highest BCUT2D eigenvalue weighted by Gasteiger charge is 2.33. The van der Waals surface area contributed by atoms with Crippen LogP contribution >= 0.6 is 0 Å². The van der Waals surface area contributed by atoms with Crippen molar-refractivity contribution in [1.29, 1.82) is 0 Å². The van der Waals surface area contributed by atoms with Gasteiger partial charge in [-0.2, -0.15) is 0 Å². The van der Waals surface area contributed by atoms with E-state index in [0.717, 1.165) is 36.1 Å². The Labute approximate surface area is 183 Å². The number of aromatic amines is 1. The molecule has 0 spiro atoms. The lowest BCUT2D eigenvalue weighted by Crippen LogP contribution is -2.53. The number of nitrogens with zero attached hydrogens (tertiary/aromatic N) is 2. The summed E-state index contributed by atoms with van der Waals surface area (Å²) in [6.45, 7) is 5.42. The Morgan fingerprint density at radius 1 is 1.10 bits per heavy atom. The van der Waals surface area contributed by atoms with Gasteiger partial charge in [-0.3, -0.25) is 9.59 Å². The fourth-order valence-corrected chi connectivity index (χ4v) is 4.23. The van der Waals surface area contributed by atoms with Crippen LogP contribution in [-0.4, -0.2) is 45.8 Å². The van der Waals surface area contributed by atoms with Crippen molar-refractivity contribution in [3.05, 3.63) is 66.0 Å². The van der Waals surface area contributed by atoms with Crippen molar-refractivity contribution < 1.29 is 9.59 Å². The third-order valence-electron chi connectivity index (χ3n) is 6.40. The van der Waals surface area contributed by atoms with Gasteiger partial charge in [0.15, 0.2) is 0 Å². The number of rotatable bonds is 6. The van der Waals surface area contributed by atoms with Crippen LogP contribution in [-0.2, 0) is 4.79 Å². The van der Waals surface area contributed by atoms with Crippen molar-refractivity contribution >= 4 is 22.8 Å². The Balaban J connectivity index is 1.41. The standard InChI is InChI=1S/C25H30N4O2/c1-3-17(2)22(28-24(30)19-9-5-4-6-10-19)25(31)29-15-13-18(14-16-29)23-26-20-11-7-8-12-21(20)27-23/h4-12,17-18,22H,3,13-16H2,1-2H3,(H,26,27)(H,28,30). The van der Waals surface area contributed by atoms with E-state index in [4.69, 9.17) is 4.98 Å². The molecule has 0 aliphatic carbocycles. The Kier molecular flexibility index (Phi) is 6.35. The van der Waals surface area contributed by atoms with Gasteiger partial charge < -0.3 is 15.2 Å². The van der Waals surface area contributed by atoms with E-state index in [0.29, 0.717) is 24.6 Å². The number of piperidine rings is 1. The van der Waals surface area contributed by atoms with Gasteiger partial charge in [-0.05, 0) is 43.0 Å². The molecule has 162 valence electrons. The molecule has 0 bridgehead atoms. The quantitative estimate of drug-likeness (QED) is 0.632. The minimum Gasteiger partial charge on any atom is -0.342 e. The molecule has 3 aromatic rings. The van der Waals surface area contributed by atoms with E-state index >= 15 is 0 Å². The molecule has 2 aromatic carbocycles. The first-order valence-corrected chi connectivity index (χ1v) is 11.2. The molecule has 2 heterocycles. The average molecular weight is 419 g/mol. The maximum Gasteiger partial charge on any atom is 0.251 e. The summed E-state index contributed by atoms with van der Waals surface area (Å²) in [5, 5.41) is 2.99. The number of H-pyrrole nitrogens is 1. The molecular weight excluding hydrogens is 388 g/mol. The fraction of sp³-hybridized carbons (Fsp3) is 0.400. The van der Waals surface area contributed by atoms with Gasteiger partial charge in [-0.15, -0.1) is 0 Å². The fourth-order valence-electron chi connectivity index (χ4n) is 4.23. The first-order chi connectivity index (χ1) is 15.1. The zero-order chi connectivity index (χ0) is 21.8. The summed E-state index contributed by atoms with van der Waals surface area (Å²) in [4.78, 5) is 36.1. The van der Waals surface area contributed by atoms with E-state index in [-0.39, 0.29) is 17.7 Å². The van der Waals surface area contributed by atoms with Crippen molar-refractivity contribution in [2.75, 3.05) is 13.1 Å². The van der Waals surface area contributed by atoms with E-state index in [1.54, 1.807) is 12.1 Å². The molecule has 2 amide bonds. The summed E-state index contributed by atoms with van der Waals surface area (Å²) in [6, 6.07) is 16.6. The number of likely N-dealkylation sites (tertiary alicyclic amines) is 1. The van der Waals surface area contributed by atoms with E-state index < -0.39 is 6.04 Å². The lowest BCUT2D eigenvalue weighted by Gasteiger charge is -2.35. The highest BCUT2D eigenvalue weighted by atomic mass is 16.2. The molecule has 2 N–H and O–H groups in total. The van der Waals surface area contributed by atoms with Crippen molar-refractivity contribution in [3.8, 4) is 0 Å². The van der Waals surface area contributed by atoms with Gasteiger partial charge in [-0.1, -0.05) is 50.6 Å². The summed E-state index contributed by atoms with van der Waals surface area (Å²) in [5.74, 6) is 1.20. The van der Waals surface area contributed by atoms with Gasteiger partial charge in [0.25, 0.3) is 5.91 Å².